The minimum Gasteiger partial charge on any atom is -0.287 e. The molecule has 76 valence electrons. The van der Waals surface area contributed by atoms with Crippen molar-refractivity contribution in [1.29, 1.82) is 21.0 Å². The molecule has 0 aromatic rings. The summed E-state index contributed by atoms with van der Waals surface area (Å²) in [6.45, 7) is 0. The molecular formula is C10H11N5. The van der Waals surface area contributed by atoms with Crippen molar-refractivity contribution in [3.63, 3.8) is 0 Å². The smallest absolute Gasteiger partial charge is 0.0972 e. The average Bonchev–Trinajstić information content (AvgIpc) is 2.28. The van der Waals surface area contributed by atoms with Gasteiger partial charge in [-0.3, -0.25) is 5.32 Å². The Morgan fingerprint density at radius 3 is 1.47 bits per heavy atom. The largest absolute Gasteiger partial charge is 0.287 e. The first-order chi connectivity index (χ1) is 7.28. The second-order valence-electron chi connectivity index (χ2n) is 2.92. The maximum absolute atomic E-state index is 8.73. The van der Waals surface area contributed by atoms with Gasteiger partial charge in [-0.05, 0) is 12.8 Å². The van der Waals surface area contributed by atoms with Gasteiger partial charge in [0.1, 0.15) is 0 Å². The molecule has 0 radical (unpaired) electrons. The fraction of sp³-hybridized carbons (Fsp3) is 0.600. The van der Waals surface area contributed by atoms with E-state index in [1.54, 1.807) is 0 Å². The van der Waals surface area contributed by atoms with Crippen molar-refractivity contribution >= 4 is 0 Å². The van der Waals surface area contributed by atoms with Crippen LogP contribution in [0.2, 0.25) is 0 Å². The molecule has 0 aliphatic rings. The summed E-state index contributed by atoms with van der Waals surface area (Å²) in [6.07, 6.45) is 1.36. The maximum atomic E-state index is 8.73. The highest BCUT2D eigenvalue weighted by atomic mass is 14.9. The van der Waals surface area contributed by atoms with Crippen molar-refractivity contribution in [3.05, 3.63) is 0 Å². The van der Waals surface area contributed by atoms with Crippen LogP contribution in [0.1, 0.15) is 25.7 Å². The third-order valence-corrected chi connectivity index (χ3v) is 1.80. The van der Waals surface area contributed by atoms with Gasteiger partial charge in [0.2, 0.25) is 0 Å². The highest BCUT2D eigenvalue weighted by Gasteiger charge is 2.13. The molecule has 0 saturated carbocycles. The maximum Gasteiger partial charge on any atom is 0.0972 e. The second-order valence-corrected chi connectivity index (χ2v) is 2.92. The van der Waals surface area contributed by atoms with Crippen LogP contribution in [-0.4, -0.2) is 12.1 Å². The van der Waals surface area contributed by atoms with Crippen LogP contribution < -0.4 is 5.32 Å². The first-order valence-corrected chi connectivity index (χ1v) is 4.57. The Kier molecular flexibility index (Phi) is 7.33. The van der Waals surface area contributed by atoms with Gasteiger partial charge >= 0.3 is 0 Å². The van der Waals surface area contributed by atoms with Gasteiger partial charge in [-0.1, -0.05) is 0 Å². The summed E-state index contributed by atoms with van der Waals surface area (Å²) in [7, 11) is 0. The van der Waals surface area contributed by atoms with Gasteiger partial charge in [0.05, 0.1) is 36.4 Å². The summed E-state index contributed by atoms with van der Waals surface area (Å²) < 4.78 is 0. The molecule has 2 atom stereocenters. The van der Waals surface area contributed by atoms with Crippen LogP contribution in [0, 0.1) is 45.3 Å². The Morgan fingerprint density at radius 1 is 0.800 bits per heavy atom. The average molecular weight is 201 g/mol. The fourth-order valence-electron chi connectivity index (χ4n) is 1.03. The Labute approximate surface area is 89.1 Å². The molecule has 0 aromatic heterocycles. The number of nitrogens with zero attached hydrogens (tertiary/aromatic N) is 4. The Morgan fingerprint density at radius 2 is 1.20 bits per heavy atom. The normalized spacial score (nSPS) is 12.5. The zero-order valence-electron chi connectivity index (χ0n) is 8.27. The van der Waals surface area contributed by atoms with Gasteiger partial charge < -0.3 is 0 Å². The van der Waals surface area contributed by atoms with Crippen molar-refractivity contribution in [1.82, 2.24) is 5.32 Å². The van der Waals surface area contributed by atoms with E-state index < -0.39 is 12.1 Å². The summed E-state index contributed by atoms with van der Waals surface area (Å²) in [5, 5.41) is 36.9. The van der Waals surface area contributed by atoms with Gasteiger partial charge in [0.25, 0.3) is 0 Å². The third kappa shape index (κ3) is 6.05. The van der Waals surface area contributed by atoms with Crippen LogP contribution in [0.15, 0.2) is 0 Å². The van der Waals surface area contributed by atoms with E-state index >= 15 is 0 Å². The van der Waals surface area contributed by atoms with E-state index in [0.717, 1.165) is 0 Å². The fourth-order valence-corrected chi connectivity index (χ4v) is 1.03. The highest BCUT2D eigenvalue weighted by Crippen LogP contribution is 2.01. The number of nitrogens with one attached hydrogen (secondary N) is 1. The molecule has 1 N–H and O–H groups in total. The molecule has 0 aliphatic heterocycles. The molecule has 2 unspecified atom stereocenters. The monoisotopic (exact) mass is 201 g/mol. The summed E-state index contributed by atoms with van der Waals surface area (Å²) in [4.78, 5) is 0. The van der Waals surface area contributed by atoms with Gasteiger partial charge in [-0.25, -0.2) is 0 Å². The zero-order valence-corrected chi connectivity index (χ0v) is 8.27. The molecule has 0 heterocycles. The van der Waals surface area contributed by atoms with Crippen LogP contribution in [0.4, 0.5) is 0 Å². The Bertz CT molecular complexity index is 301. The van der Waals surface area contributed by atoms with Crippen molar-refractivity contribution in [2.24, 2.45) is 0 Å². The highest BCUT2D eigenvalue weighted by molar-refractivity contribution is 5.00. The van der Waals surface area contributed by atoms with Crippen LogP contribution in [-0.2, 0) is 0 Å². The SMILES string of the molecule is N#CCCC(C#N)NC(C#N)CCC#N. The summed E-state index contributed by atoms with van der Waals surface area (Å²) in [6, 6.07) is 6.86. The van der Waals surface area contributed by atoms with Crippen LogP contribution in [0.5, 0.6) is 0 Å². The molecule has 0 spiro atoms. The minimum atomic E-state index is -0.493. The molecule has 15 heavy (non-hydrogen) atoms. The van der Waals surface area contributed by atoms with Crippen LogP contribution in [0.25, 0.3) is 0 Å². The van der Waals surface area contributed by atoms with E-state index in [9.17, 15) is 0 Å². The summed E-state index contributed by atoms with van der Waals surface area (Å²) in [5.41, 5.74) is 0. The molecule has 0 aliphatic carbocycles. The molecular weight excluding hydrogens is 190 g/mol. The van der Waals surface area contributed by atoms with Gasteiger partial charge in [-0.2, -0.15) is 21.0 Å². The Hall–Kier alpha value is -2.08. The van der Waals surface area contributed by atoms with Gasteiger partial charge in [0, 0.05) is 12.8 Å². The van der Waals surface area contributed by atoms with E-state index in [2.05, 4.69) is 5.32 Å². The first kappa shape index (κ1) is 12.9. The predicted octanol–water partition coefficient (Wildman–Crippen LogP) is 0.968. The van der Waals surface area contributed by atoms with Crippen molar-refractivity contribution in [3.8, 4) is 24.3 Å². The van der Waals surface area contributed by atoms with Crippen LogP contribution in [0.3, 0.4) is 0 Å². The molecule has 0 amide bonds. The number of hydrogen-bond donors (Lipinski definition) is 1. The van der Waals surface area contributed by atoms with Gasteiger partial charge in [-0.15, -0.1) is 0 Å². The van der Waals surface area contributed by atoms with Crippen molar-refractivity contribution < 1.29 is 0 Å². The topological polar surface area (TPSA) is 107 Å². The lowest BCUT2D eigenvalue weighted by atomic mass is 10.1. The van der Waals surface area contributed by atoms with Crippen molar-refractivity contribution in [2.75, 3.05) is 0 Å². The zero-order chi connectivity index (χ0) is 11.5. The predicted molar refractivity (Wildman–Crippen MR) is 51.6 cm³/mol. The number of hydrogen-bond acceptors (Lipinski definition) is 5. The van der Waals surface area contributed by atoms with E-state index in [-0.39, 0.29) is 12.8 Å². The molecule has 0 rings (SSSR count). The van der Waals surface area contributed by atoms with Crippen molar-refractivity contribution in [2.45, 2.75) is 37.8 Å². The molecule has 0 bridgehead atoms. The van der Waals surface area contributed by atoms with E-state index in [4.69, 9.17) is 21.0 Å². The molecule has 0 saturated heterocycles. The quantitative estimate of drug-likeness (QED) is 0.688. The third-order valence-electron chi connectivity index (χ3n) is 1.80. The van der Waals surface area contributed by atoms with E-state index in [0.29, 0.717) is 12.8 Å². The lowest BCUT2D eigenvalue weighted by molar-refractivity contribution is 0.503. The molecule has 5 nitrogen and oxygen atoms in total. The van der Waals surface area contributed by atoms with E-state index in [1.807, 2.05) is 24.3 Å². The van der Waals surface area contributed by atoms with Crippen LogP contribution >= 0.6 is 0 Å². The lowest BCUT2D eigenvalue weighted by Gasteiger charge is -2.13. The molecule has 0 aromatic carbocycles. The summed E-state index contributed by atoms with van der Waals surface area (Å²) in [5.74, 6) is 0. The molecule has 0 fully saturated rings. The minimum absolute atomic E-state index is 0.279. The first-order valence-electron chi connectivity index (χ1n) is 4.57. The lowest BCUT2D eigenvalue weighted by Crippen LogP contribution is -2.36. The second kappa shape index (κ2) is 8.52. The van der Waals surface area contributed by atoms with E-state index in [1.165, 1.54) is 0 Å². The Balaban J connectivity index is 4.05. The summed E-state index contributed by atoms with van der Waals surface area (Å²) >= 11 is 0. The number of nitriles is 4. The van der Waals surface area contributed by atoms with Gasteiger partial charge in [0.15, 0.2) is 0 Å². The standard InChI is InChI=1S/C10H11N5/c11-5-1-3-9(7-13)15-10(8-14)4-2-6-12/h9-10,15H,1-4H2. The molecule has 5 heteroatoms. The number of rotatable bonds is 6.